The Labute approximate surface area is 92.8 Å². The Morgan fingerprint density at radius 1 is 1.43 bits per heavy atom. The molecule has 0 fully saturated rings. The standard InChI is InChI=1S/C11H14BrNO/c1-8-11(14-7-12)10-5-3-2-4-9(10)6-13-8/h6H,2-5,7H2,1H3. The van der Waals surface area contributed by atoms with Crippen LogP contribution in [0.5, 0.6) is 5.75 Å². The minimum absolute atomic E-state index is 0.548. The topological polar surface area (TPSA) is 22.1 Å². The van der Waals surface area contributed by atoms with Crippen LogP contribution in [0.3, 0.4) is 0 Å². The number of rotatable bonds is 2. The van der Waals surface area contributed by atoms with Gasteiger partial charge in [-0.1, -0.05) is 0 Å². The predicted octanol–water partition coefficient (Wildman–Crippen LogP) is 3.00. The van der Waals surface area contributed by atoms with Crippen LogP contribution in [0.2, 0.25) is 0 Å². The van der Waals surface area contributed by atoms with Gasteiger partial charge in [-0.25, -0.2) is 0 Å². The first kappa shape index (κ1) is 9.97. The Morgan fingerprint density at radius 3 is 3.00 bits per heavy atom. The van der Waals surface area contributed by atoms with Crippen molar-refractivity contribution in [3.8, 4) is 5.75 Å². The number of pyridine rings is 1. The van der Waals surface area contributed by atoms with Crippen LogP contribution in [-0.2, 0) is 12.8 Å². The molecule has 0 saturated heterocycles. The molecule has 1 aromatic heterocycles. The molecule has 1 aromatic rings. The smallest absolute Gasteiger partial charge is 0.145 e. The van der Waals surface area contributed by atoms with Gasteiger partial charge in [0.2, 0.25) is 0 Å². The quantitative estimate of drug-likeness (QED) is 0.759. The Balaban J connectivity index is 2.43. The van der Waals surface area contributed by atoms with Crippen molar-refractivity contribution >= 4 is 15.9 Å². The van der Waals surface area contributed by atoms with E-state index < -0.39 is 0 Å². The molecule has 1 heterocycles. The van der Waals surface area contributed by atoms with E-state index in [0.29, 0.717) is 5.52 Å². The maximum Gasteiger partial charge on any atom is 0.145 e. The van der Waals surface area contributed by atoms with E-state index in [4.69, 9.17) is 4.74 Å². The van der Waals surface area contributed by atoms with Crippen molar-refractivity contribution in [3.63, 3.8) is 0 Å². The van der Waals surface area contributed by atoms with Gasteiger partial charge in [0.25, 0.3) is 0 Å². The number of aromatic nitrogens is 1. The SMILES string of the molecule is Cc1ncc2c(c1OCBr)CCCC2. The zero-order valence-corrected chi connectivity index (χ0v) is 9.93. The molecule has 0 aromatic carbocycles. The molecule has 0 atom stereocenters. The molecule has 0 aliphatic heterocycles. The zero-order valence-electron chi connectivity index (χ0n) is 8.35. The molecule has 0 saturated carbocycles. The summed E-state index contributed by atoms with van der Waals surface area (Å²) in [6.45, 7) is 2.01. The largest absolute Gasteiger partial charge is 0.480 e. The van der Waals surface area contributed by atoms with E-state index in [1.54, 1.807) is 0 Å². The lowest BCUT2D eigenvalue weighted by molar-refractivity contribution is 0.384. The fraction of sp³-hybridized carbons (Fsp3) is 0.545. The minimum Gasteiger partial charge on any atom is -0.480 e. The summed E-state index contributed by atoms with van der Waals surface area (Å²) in [5.41, 5.74) is 4.30. The van der Waals surface area contributed by atoms with Gasteiger partial charge in [-0.15, -0.1) is 0 Å². The van der Waals surface area contributed by atoms with Crippen LogP contribution in [0.25, 0.3) is 0 Å². The van der Waals surface area contributed by atoms with Gasteiger partial charge in [0.15, 0.2) is 0 Å². The normalized spacial score (nSPS) is 15.0. The lowest BCUT2D eigenvalue weighted by atomic mass is 9.92. The highest BCUT2D eigenvalue weighted by atomic mass is 79.9. The van der Waals surface area contributed by atoms with Crippen LogP contribution in [0.15, 0.2) is 6.20 Å². The predicted molar refractivity (Wildman–Crippen MR) is 60.0 cm³/mol. The molecule has 14 heavy (non-hydrogen) atoms. The first-order valence-corrected chi connectivity index (χ1v) is 6.11. The Morgan fingerprint density at radius 2 is 2.21 bits per heavy atom. The second-order valence-corrected chi connectivity index (χ2v) is 4.09. The van der Waals surface area contributed by atoms with Gasteiger partial charge in [0.1, 0.15) is 11.3 Å². The van der Waals surface area contributed by atoms with Crippen LogP contribution < -0.4 is 4.74 Å². The molecule has 0 spiro atoms. The number of aryl methyl sites for hydroxylation is 2. The molecule has 2 nitrogen and oxygen atoms in total. The Kier molecular flexibility index (Phi) is 3.06. The first-order chi connectivity index (χ1) is 6.83. The number of halogens is 1. The van der Waals surface area contributed by atoms with Crippen molar-refractivity contribution in [3.05, 3.63) is 23.0 Å². The average molecular weight is 256 g/mol. The molecule has 0 N–H and O–H groups in total. The molecule has 76 valence electrons. The van der Waals surface area contributed by atoms with Gasteiger partial charge < -0.3 is 4.74 Å². The van der Waals surface area contributed by atoms with Crippen molar-refractivity contribution < 1.29 is 4.74 Å². The van der Waals surface area contributed by atoms with Crippen molar-refractivity contribution in [1.29, 1.82) is 0 Å². The van der Waals surface area contributed by atoms with Gasteiger partial charge in [-0.05, 0) is 54.1 Å². The van der Waals surface area contributed by atoms with Gasteiger partial charge in [0.05, 0.1) is 5.69 Å². The first-order valence-electron chi connectivity index (χ1n) is 4.99. The van der Waals surface area contributed by atoms with Crippen LogP contribution in [-0.4, -0.2) is 10.5 Å². The molecule has 3 heteroatoms. The molecule has 0 unspecified atom stereocenters. The van der Waals surface area contributed by atoms with E-state index >= 15 is 0 Å². The van der Waals surface area contributed by atoms with E-state index in [1.807, 2.05) is 13.1 Å². The monoisotopic (exact) mass is 255 g/mol. The number of ether oxygens (including phenoxy) is 1. The zero-order chi connectivity index (χ0) is 9.97. The second kappa shape index (κ2) is 4.30. The lowest BCUT2D eigenvalue weighted by Gasteiger charge is -2.19. The number of hydrogen-bond acceptors (Lipinski definition) is 2. The highest BCUT2D eigenvalue weighted by Gasteiger charge is 2.16. The van der Waals surface area contributed by atoms with E-state index in [-0.39, 0.29) is 0 Å². The summed E-state index contributed by atoms with van der Waals surface area (Å²) >= 11 is 3.30. The molecule has 0 amide bonds. The van der Waals surface area contributed by atoms with Crippen LogP contribution in [0.4, 0.5) is 0 Å². The third kappa shape index (κ3) is 1.78. The van der Waals surface area contributed by atoms with E-state index in [2.05, 4.69) is 20.9 Å². The summed E-state index contributed by atoms with van der Waals surface area (Å²) in [6.07, 6.45) is 6.85. The molecule has 1 aliphatic rings. The van der Waals surface area contributed by atoms with Crippen molar-refractivity contribution in [1.82, 2.24) is 4.98 Å². The second-order valence-electron chi connectivity index (χ2n) is 3.64. The summed E-state index contributed by atoms with van der Waals surface area (Å²) in [4.78, 5) is 4.37. The fourth-order valence-corrected chi connectivity index (χ4v) is 2.26. The summed E-state index contributed by atoms with van der Waals surface area (Å²) in [6, 6.07) is 0. The number of nitrogens with zero attached hydrogens (tertiary/aromatic N) is 1. The molecular weight excluding hydrogens is 242 g/mol. The van der Waals surface area contributed by atoms with Gasteiger partial charge >= 0.3 is 0 Å². The van der Waals surface area contributed by atoms with Gasteiger partial charge in [0, 0.05) is 11.8 Å². The van der Waals surface area contributed by atoms with Crippen LogP contribution in [0.1, 0.15) is 29.7 Å². The number of alkyl halides is 1. The number of hydrogen-bond donors (Lipinski definition) is 0. The number of fused-ring (bicyclic) bond motifs is 1. The summed E-state index contributed by atoms with van der Waals surface area (Å²) in [5, 5.41) is 0. The van der Waals surface area contributed by atoms with E-state index in [0.717, 1.165) is 24.3 Å². The van der Waals surface area contributed by atoms with Crippen molar-refractivity contribution in [2.75, 3.05) is 5.52 Å². The maximum atomic E-state index is 5.59. The molecule has 0 bridgehead atoms. The lowest BCUT2D eigenvalue weighted by Crippen LogP contribution is -2.08. The van der Waals surface area contributed by atoms with Crippen LogP contribution in [0, 0.1) is 6.92 Å². The fourth-order valence-electron chi connectivity index (χ4n) is 2.03. The van der Waals surface area contributed by atoms with Gasteiger partial charge in [-0.2, -0.15) is 0 Å². The molecule has 0 radical (unpaired) electrons. The Hall–Kier alpha value is -0.570. The maximum absolute atomic E-state index is 5.59. The average Bonchev–Trinajstić information content (AvgIpc) is 2.23. The highest BCUT2D eigenvalue weighted by molar-refractivity contribution is 9.09. The van der Waals surface area contributed by atoms with Crippen LogP contribution >= 0.6 is 15.9 Å². The van der Waals surface area contributed by atoms with Crippen molar-refractivity contribution in [2.45, 2.75) is 32.6 Å². The summed E-state index contributed by atoms with van der Waals surface area (Å²) < 4.78 is 5.59. The summed E-state index contributed by atoms with van der Waals surface area (Å²) in [5.74, 6) is 0.999. The minimum atomic E-state index is 0.548. The van der Waals surface area contributed by atoms with Gasteiger partial charge in [-0.3, -0.25) is 4.98 Å². The van der Waals surface area contributed by atoms with Crippen molar-refractivity contribution in [2.24, 2.45) is 0 Å². The molecule has 2 rings (SSSR count). The highest BCUT2D eigenvalue weighted by Crippen LogP contribution is 2.31. The van der Waals surface area contributed by atoms with E-state index in [1.165, 1.54) is 24.0 Å². The summed E-state index contributed by atoms with van der Waals surface area (Å²) in [7, 11) is 0. The third-order valence-corrected chi connectivity index (χ3v) is 2.96. The third-order valence-electron chi connectivity index (χ3n) is 2.73. The Bertz CT molecular complexity index is 338. The molecule has 1 aliphatic carbocycles. The van der Waals surface area contributed by atoms with E-state index in [9.17, 15) is 0 Å². The molecular formula is C11H14BrNO.